The molecule has 0 bridgehead atoms. The van der Waals surface area contributed by atoms with Crippen molar-refractivity contribution in [2.75, 3.05) is 14.1 Å². The van der Waals surface area contributed by atoms with Gasteiger partial charge in [-0.3, -0.25) is 9.11 Å². The van der Waals surface area contributed by atoms with Gasteiger partial charge in [0.25, 0.3) is 0 Å². The molecule has 6 nitrogen and oxygen atoms in total. The van der Waals surface area contributed by atoms with E-state index in [4.69, 9.17) is 17.5 Å². The van der Waals surface area contributed by atoms with E-state index in [9.17, 15) is 0 Å². The standard InChI is InChI=1S/C17H20N2.H2O4S/c1-18-16(14-9-5-3-6-10-14)13-17(19(18)2)15-11-7-4-8-12-15;1-5(2,3)4/h3-12,16-17H,13H2,1-2H3;(H2,1,2,3,4). The molecule has 2 aromatic carbocycles. The number of hydrogen-bond donors (Lipinski definition) is 2. The Kier molecular flexibility index (Phi) is 6.09. The summed E-state index contributed by atoms with van der Waals surface area (Å²) in [6.07, 6.45) is 1.14. The van der Waals surface area contributed by atoms with Gasteiger partial charge in [0, 0.05) is 14.1 Å². The zero-order chi connectivity index (χ0) is 17.7. The Balaban J connectivity index is 0.000000368. The van der Waals surface area contributed by atoms with Crippen LogP contribution in [0.4, 0.5) is 0 Å². The summed E-state index contributed by atoms with van der Waals surface area (Å²) in [7, 11) is -0.304. The molecule has 0 aromatic heterocycles. The van der Waals surface area contributed by atoms with Gasteiger partial charge in [-0.2, -0.15) is 8.42 Å². The fourth-order valence-electron chi connectivity index (χ4n) is 3.01. The van der Waals surface area contributed by atoms with Crippen LogP contribution in [0.25, 0.3) is 0 Å². The van der Waals surface area contributed by atoms with Crippen LogP contribution in [-0.4, -0.2) is 41.6 Å². The first-order chi connectivity index (χ1) is 11.3. The van der Waals surface area contributed by atoms with Crippen LogP contribution in [0.15, 0.2) is 60.7 Å². The Hall–Kier alpha value is -1.77. The van der Waals surface area contributed by atoms with Gasteiger partial charge in [-0.25, -0.2) is 10.0 Å². The number of hydrogen-bond acceptors (Lipinski definition) is 4. The molecule has 2 N–H and O–H groups in total. The number of rotatable bonds is 2. The third-order valence-electron chi connectivity index (χ3n) is 4.21. The van der Waals surface area contributed by atoms with Gasteiger partial charge in [-0.15, -0.1) is 0 Å². The lowest BCUT2D eigenvalue weighted by atomic mass is 9.97. The fourth-order valence-corrected chi connectivity index (χ4v) is 3.01. The second kappa shape index (κ2) is 7.87. The highest BCUT2D eigenvalue weighted by molar-refractivity contribution is 7.79. The minimum atomic E-state index is -4.67. The smallest absolute Gasteiger partial charge is 0.264 e. The van der Waals surface area contributed by atoms with E-state index >= 15 is 0 Å². The lowest BCUT2D eigenvalue weighted by Crippen LogP contribution is -2.32. The highest BCUT2D eigenvalue weighted by atomic mass is 32.3. The van der Waals surface area contributed by atoms with Crippen LogP contribution in [0.3, 0.4) is 0 Å². The molecule has 1 aliphatic heterocycles. The van der Waals surface area contributed by atoms with Gasteiger partial charge in [0.2, 0.25) is 0 Å². The summed E-state index contributed by atoms with van der Waals surface area (Å²) in [6.45, 7) is 0. The molecule has 0 radical (unpaired) electrons. The van der Waals surface area contributed by atoms with Gasteiger partial charge >= 0.3 is 10.4 Å². The lowest BCUT2D eigenvalue weighted by molar-refractivity contribution is 0.0252. The largest absolute Gasteiger partial charge is 0.394 e. The van der Waals surface area contributed by atoms with E-state index in [0.29, 0.717) is 12.1 Å². The van der Waals surface area contributed by atoms with Gasteiger partial charge < -0.3 is 0 Å². The van der Waals surface area contributed by atoms with Crippen LogP contribution in [0.5, 0.6) is 0 Å². The minimum absolute atomic E-state index is 0.469. The summed E-state index contributed by atoms with van der Waals surface area (Å²) >= 11 is 0. The van der Waals surface area contributed by atoms with Gasteiger partial charge in [-0.05, 0) is 17.5 Å². The van der Waals surface area contributed by atoms with Crippen molar-refractivity contribution in [1.82, 2.24) is 10.0 Å². The van der Waals surface area contributed by atoms with Crippen LogP contribution in [0.1, 0.15) is 29.6 Å². The molecular formula is C17H22N2O4S. The van der Waals surface area contributed by atoms with Crippen molar-refractivity contribution in [3.05, 3.63) is 71.8 Å². The van der Waals surface area contributed by atoms with E-state index in [0.717, 1.165) is 6.42 Å². The molecule has 1 aliphatic rings. The zero-order valence-electron chi connectivity index (χ0n) is 13.6. The predicted molar refractivity (Wildman–Crippen MR) is 92.7 cm³/mol. The maximum Gasteiger partial charge on any atom is 0.394 e. The van der Waals surface area contributed by atoms with E-state index in [-0.39, 0.29) is 0 Å². The second-order valence-corrected chi connectivity index (χ2v) is 6.58. The normalized spacial score (nSPS) is 22.0. The first-order valence-electron chi connectivity index (χ1n) is 7.52. The first-order valence-corrected chi connectivity index (χ1v) is 8.92. The average molecular weight is 350 g/mol. The summed E-state index contributed by atoms with van der Waals surface area (Å²) in [4.78, 5) is 0. The van der Waals surface area contributed by atoms with Crippen molar-refractivity contribution in [1.29, 1.82) is 0 Å². The summed E-state index contributed by atoms with van der Waals surface area (Å²) in [6, 6.07) is 22.5. The summed E-state index contributed by atoms with van der Waals surface area (Å²) in [5.41, 5.74) is 2.80. The van der Waals surface area contributed by atoms with Crippen LogP contribution in [0.2, 0.25) is 0 Å². The maximum absolute atomic E-state index is 8.74. The predicted octanol–water partition coefficient (Wildman–Crippen LogP) is 3.00. The summed E-state index contributed by atoms with van der Waals surface area (Å²) in [5, 5.41) is 4.71. The van der Waals surface area contributed by atoms with Crippen molar-refractivity contribution in [2.24, 2.45) is 0 Å². The van der Waals surface area contributed by atoms with Crippen molar-refractivity contribution < 1.29 is 17.5 Å². The first kappa shape index (κ1) is 18.6. The molecule has 0 amide bonds. The Morgan fingerprint density at radius 2 is 1.08 bits per heavy atom. The fraction of sp³-hybridized carbons (Fsp3) is 0.294. The van der Waals surface area contributed by atoms with Crippen LogP contribution >= 0.6 is 0 Å². The molecule has 0 saturated carbocycles. The third kappa shape index (κ3) is 5.12. The Morgan fingerprint density at radius 1 is 0.792 bits per heavy atom. The van der Waals surface area contributed by atoms with Crippen molar-refractivity contribution in [3.8, 4) is 0 Å². The average Bonchev–Trinajstić information content (AvgIpc) is 2.84. The van der Waals surface area contributed by atoms with Gasteiger partial charge in [0.1, 0.15) is 0 Å². The SMILES string of the molecule is CN1C(c2ccccc2)CC(c2ccccc2)N1C.O=S(=O)(O)O. The maximum atomic E-state index is 8.74. The molecule has 0 spiro atoms. The third-order valence-corrected chi connectivity index (χ3v) is 4.21. The quantitative estimate of drug-likeness (QED) is 0.811. The molecule has 130 valence electrons. The molecule has 1 saturated heterocycles. The number of nitrogens with zero attached hydrogens (tertiary/aromatic N) is 2. The molecule has 0 aliphatic carbocycles. The Morgan fingerprint density at radius 3 is 1.38 bits per heavy atom. The van der Waals surface area contributed by atoms with Crippen molar-refractivity contribution >= 4 is 10.4 Å². The Bertz CT molecular complexity index is 680. The lowest BCUT2D eigenvalue weighted by Gasteiger charge is -2.28. The molecule has 1 heterocycles. The molecule has 2 aromatic rings. The topological polar surface area (TPSA) is 81.1 Å². The highest BCUT2D eigenvalue weighted by Gasteiger charge is 2.35. The molecule has 2 unspecified atom stereocenters. The number of hydrazine groups is 1. The zero-order valence-corrected chi connectivity index (χ0v) is 14.5. The Labute approximate surface area is 142 Å². The van der Waals surface area contributed by atoms with E-state index in [1.807, 2.05) is 0 Å². The molecule has 3 rings (SSSR count). The summed E-state index contributed by atoms with van der Waals surface area (Å²) < 4.78 is 31.6. The summed E-state index contributed by atoms with van der Waals surface area (Å²) in [5.74, 6) is 0. The molecule has 2 atom stereocenters. The minimum Gasteiger partial charge on any atom is -0.264 e. The van der Waals surface area contributed by atoms with E-state index in [1.54, 1.807) is 0 Å². The van der Waals surface area contributed by atoms with E-state index in [2.05, 4.69) is 84.8 Å². The van der Waals surface area contributed by atoms with Crippen molar-refractivity contribution in [3.63, 3.8) is 0 Å². The van der Waals surface area contributed by atoms with Gasteiger partial charge in [-0.1, -0.05) is 60.7 Å². The van der Waals surface area contributed by atoms with E-state index in [1.165, 1.54) is 11.1 Å². The highest BCUT2D eigenvalue weighted by Crippen LogP contribution is 2.41. The van der Waals surface area contributed by atoms with Crippen LogP contribution in [0, 0.1) is 0 Å². The molecule has 7 heteroatoms. The van der Waals surface area contributed by atoms with Crippen LogP contribution in [-0.2, 0) is 10.4 Å². The monoisotopic (exact) mass is 350 g/mol. The molecule has 24 heavy (non-hydrogen) atoms. The van der Waals surface area contributed by atoms with Gasteiger partial charge in [0.15, 0.2) is 0 Å². The molecular weight excluding hydrogens is 328 g/mol. The molecule has 1 fully saturated rings. The van der Waals surface area contributed by atoms with E-state index < -0.39 is 10.4 Å². The second-order valence-electron chi connectivity index (χ2n) is 5.68. The van der Waals surface area contributed by atoms with Crippen molar-refractivity contribution in [2.45, 2.75) is 18.5 Å². The number of benzene rings is 2. The van der Waals surface area contributed by atoms with Gasteiger partial charge in [0.05, 0.1) is 12.1 Å². The van der Waals surface area contributed by atoms with Crippen LogP contribution < -0.4 is 0 Å².